The molecule has 1 aromatic carbocycles. The SMILES string of the molecule is O=C(C1CC=CCC1)N1CCC(N2CCC(Oc3ccccc3F)CC2)CC1. The average molecular weight is 387 g/mol. The topological polar surface area (TPSA) is 32.8 Å². The van der Waals surface area contributed by atoms with Crippen LogP contribution in [0.5, 0.6) is 5.75 Å². The summed E-state index contributed by atoms with van der Waals surface area (Å²) in [6.07, 6.45) is 11.4. The molecule has 3 aliphatic rings. The van der Waals surface area contributed by atoms with Crippen molar-refractivity contribution in [1.82, 2.24) is 9.80 Å². The zero-order valence-corrected chi connectivity index (χ0v) is 16.6. The standard InChI is InChI=1S/C23H31FN2O2/c24-21-8-4-5-9-22(21)28-20-12-16-25(17-13-20)19-10-14-26(15-11-19)23(27)18-6-2-1-3-7-18/h1-2,4-5,8-9,18-20H,3,6-7,10-17H2. The lowest BCUT2D eigenvalue weighted by Crippen LogP contribution is -2.51. The Morgan fingerprint density at radius 3 is 2.39 bits per heavy atom. The molecule has 1 atom stereocenters. The molecule has 0 bridgehead atoms. The van der Waals surface area contributed by atoms with Crippen molar-refractivity contribution >= 4 is 5.91 Å². The number of rotatable bonds is 4. The molecule has 0 N–H and O–H groups in total. The molecular weight excluding hydrogens is 355 g/mol. The highest BCUT2D eigenvalue weighted by atomic mass is 19.1. The van der Waals surface area contributed by atoms with Crippen molar-refractivity contribution < 1.29 is 13.9 Å². The van der Waals surface area contributed by atoms with Gasteiger partial charge in [-0.25, -0.2) is 4.39 Å². The van der Waals surface area contributed by atoms with Gasteiger partial charge < -0.3 is 9.64 Å². The lowest BCUT2D eigenvalue weighted by atomic mass is 9.91. The first-order valence-electron chi connectivity index (χ1n) is 10.8. The third kappa shape index (κ3) is 4.57. The van der Waals surface area contributed by atoms with Gasteiger partial charge in [0.15, 0.2) is 11.6 Å². The maximum atomic E-state index is 13.8. The van der Waals surface area contributed by atoms with Crippen LogP contribution in [0.2, 0.25) is 0 Å². The predicted octanol–water partition coefficient (Wildman–Crippen LogP) is 4.02. The number of allylic oxidation sites excluding steroid dienone is 2. The molecule has 2 saturated heterocycles. The summed E-state index contributed by atoms with van der Waals surface area (Å²) in [5, 5.41) is 0. The third-order valence-electron chi connectivity index (χ3n) is 6.52. The van der Waals surface area contributed by atoms with E-state index in [0.717, 1.165) is 71.1 Å². The highest BCUT2D eigenvalue weighted by molar-refractivity contribution is 5.79. The maximum Gasteiger partial charge on any atom is 0.226 e. The van der Waals surface area contributed by atoms with Crippen LogP contribution in [0.1, 0.15) is 44.9 Å². The van der Waals surface area contributed by atoms with Crippen LogP contribution in [0.15, 0.2) is 36.4 Å². The highest BCUT2D eigenvalue weighted by Gasteiger charge is 2.32. The van der Waals surface area contributed by atoms with Gasteiger partial charge in [0.25, 0.3) is 0 Å². The van der Waals surface area contributed by atoms with Crippen LogP contribution in [0, 0.1) is 11.7 Å². The first-order chi connectivity index (χ1) is 13.7. The number of amides is 1. The fourth-order valence-electron chi connectivity index (χ4n) is 4.81. The molecule has 4 nitrogen and oxygen atoms in total. The lowest BCUT2D eigenvalue weighted by molar-refractivity contribution is -0.137. The monoisotopic (exact) mass is 386 g/mol. The second kappa shape index (κ2) is 9.08. The summed E-state index contributed by atoms with van der Waals surface area (Å²) in [5.74, 6) is 0.647. The quantitative estimate of drug-likeness (QED) is 0.733. The number of para-hydroxylation sites is 1. The molecule has 28 heavy (non-hydrogen) atoms. The number of hydrogen-bond acceptors (Lipinski definition) is 3. The van der Waals surface area contributed by atoms with Gasteiger partial charge in [0.1, 0.15) is 6.10 Å². The molecule has 1 amide bonds. The van der Waals surface area contributed by atoms with E-state index >= 15 is 0 Å². The molecule has 5 heteroatoms. The number of nitrogens with zero attached hydrogens (tertiary/aromatic N) is 2. The smallest absolute Gasteiger partial charge is 0.226 e. The van der Waals surface area contributed by atoms with E-state index in [0.29, 0.717) is 17.7 Å². The van der Waals surface area contributed by atoms with Crippen molar-refractivity contribution in [2.24, 2.45) is 5.92 Å². The average Bonchev–Trinajstić information content (AvgIpc) is 2.76. The molecule has 0 aromatic heterocycles. The number of carbonyl (C=O) groups is 1. The van der Waals surface area contributed by atoms with Gasteiger partial charge in [-0.1, -0.05) is 24.3 Å². The zero-order chi connectivity index (χ0) is 19.3. The van der Waals surface area contributed by atoms with Crippen LogP contribution in [0.3, 0.4) is 0 Å². The van der Waals surface area contributed by atoms with Crippen molar-refractivity contribution in [2.45, 2.75) is 57.1 Å². The Balaban J connectivity index is 1.21. The van der Waals surface area contributed by atoms with Gasteiger partial charge in [0.05, 0.1) is 0 Å². The van der Waals surface area contributed by atoms with E-state index in [-0.39, 0.29) is 17.8 Å². The molecule has 4 rings (SSSR count). The molecule has 1 aliphatic carbocycles. The van der Waals surface area contributed by atoms with Crippen LogP contribution in [0.4, 0.5) is 4.39 Å². The summed E-state index contributed by atoms with van der Waals surface area (Å²) in [6, 6.07) is 7.21. The lowest BCUT2D eigenvalue weighted by Gasteiger charge is -2.42. The number of piperidine rings is 2. The fraction of sp³-hybridized carbons (Fsp3) is 0.609. The second-order valence-corrected chi connectivity index (χ2v) is 8.32. The molecule has 1 unspecified atom stereocenters. The summed E-state index contributed by atoms with van der Waals surface area (Å²) in [6.45, 7) is 3.75. The maximum absolute atomic E-state index is 13.8. The van der Waals surface area contributed by atoms with E-state index in [1.807, 2.05) is 6.07 Å². The number of likely N-dealkylation sites (tertiary alicyclic amines) is 2. The van der Waals surface area contributed by atoms with Crippen molar-refractivity contribution in [3.63, 3.8) is 0 Å². The molecule has 152 valence electrons. The normalized spacial score (nSPS) is 25.0. The summed E-state index contributed by atoms with van der Waals surface area (Å²) in [4.78, 5) is 17.4. The van der Waals surface area contributed by atoms with Gasteiger partial charge in [-0.2, -0.15) is 0 Å². The first-order valence-corrected chi connectivity index (χ1v) is 10.8. The first kappa shape index (κ1) is 19.4. The Morgan fingerprint density at radius 2 is 1.71 bits per heavy atom. The molecule has 2 heterocycles. The number of carbonyl (C=O) groups excluding carboxylic acids is 1. The Bertz CT molecular complexity index is 692. The minimum Gasteiger partial charge on any atom is -0.487 e. The summed E-state index contributed by atoms with van der Waals surface area (Å²) in [5.41, 5.74) is 0. The summed E-state index contributed by atoms with van der Waals surface area (Å²) >= 11 is 0. The summed E-state index contributed by atoms with van der Waals surface area (Å²) in [7, 11) is 0. The van der Waals surface area contributed by atoms with Crippen LogP contribution in [-0.2, 0) is 4.79 Å². The molecule has 0 radical (unpaired) electrons. The van der Waals surface area contributed by atoms with Gasteiger partial charge in [-0.3, -0.25) is 9.69 Å². The third-order valence-corrected chi connectivity index (χ3v) is 6.52. The molecule has 1 aromatic rings. The number of ether oxygens (including phenoxy) is 1. The second-order valence-electron chi connectivity index (χ2n) is 8.32. The minimum atomic E-state index is -0.282. The van der Waals surface area contributed by atoms with Crippen molar-refractivity contribution in [3.8, 4) is 5.75 Å². The molecule has 2 fully saturated rings. The summed E-state index contributed by atoms with van der Waals surface area (Å²) < 4.78 is 19.7. The zero-order valence-electron chi connectivity index (χ0n) is 16.6. The Morgan fingerprint density at radius 1 is 0.964 bits per heavy atom. The van der Waals surface area contributed by atoms with E-state index in [2.05, 4.69) is 22.0 Å². The minimum absolute atomic E-state index is 0.0918. The van der Waals surface area contributed by atoms with Crippen molar-refractivity contribution in [3.05, 3.63) is 42.2 Å². The molecule has 2 aliphatic heterocycles. The van der Waals surface area contributed by atoms with Crippen LogP contribution in [-0.4, -0.2) is 54.0 Å². The largest absolute Gasteiger partial charge is 0.487 e. The number of hydrogen-bond donors (Lipinski definition) is 0. The Hall–Kier alpha value is -1.88. The molecular formula is C23H31FN2O2. The van der Waals surface area contributed by atoms with E-state index in [9.17, 15) is 9.18 Å². The molecule has 0 spiro atoms. The van der Waals surface area contributed by atoms with Gasteiger partial charge in [-0.15, -0.1) is 0 Å². The van der Waals surface area contributed by atoms with Crippen molar-refractivity contribution in [1.29, 1.82) is 0 Å². The number of benzene rings is 1. The van der Waals surface area contributed by atoms with Crippen LogP contribution >= 0.6 is 0 Å². The van der Waals surface area contributed by atoms with Gasteiger partial charge in [0, 0.05) is 38.1 Å². The van der Waals surface area contributed by atoms with Gasteiger partial charge in [-0.05, 0) is 57.1 Å². The highest BCUT2D eigenvalue weighted by Crippen LogP contribution is 2.27. The van der Waals surface area contributed by atoms with Crippen LogP contribution in [0.25, 0.3) is 0 Å². The predicted molar refractivity (Wildman–Crippen MR) is 108 cm³/mol. The fourth-order valence-corrected chi connectivity index (χ4v) is 4.81. The van der Waals surface area contributed by atoms with E-state index in [1.54, 1.807) is 12.1 Å². The van der Waals surface area contributed by atoms with E-state index < -0.39 is 0 Å². The van der Waals surface area contributed by atoms with Gasteiger partial charge >= 0.3 is 0 Å². The Kier molecular flexibility index (Phi) is 6.30. The van der Waals surface area contributed by atoms with E-state index in [4.69, 9.17) is 4.74 Å². The van der Waals surface area contributed by atoms with Crippen LogP contribution < -0.4 is 4.74 Å². The van der Waals surface area contributed by atoms with Gasteiger partial charge in [0.2, 0.25) is 5.91 Å². The Labute approximate surface area is 167 Å². The number of halogens is 1. The molecule has 0 saturated carbocycles. The van der Waals surface area contributed by atoms with E-state index in [1.165, 1.54) is 6.07 Å². The van der Waals surface area contributed by atoms with Crippen molar-refractivity contribution in [2.75, 3.05) is 26.2 Å².